The van der Waals surface area contributed by atoms with Crippen molar-refractivity contribution in [3.63, 3.8) is 0 Å². The Morgan fingerprint density at radius 2 is 1.35 bits per heavy atom. The number of aromatic nitrogens is 1. The Morgan fingerprint density at radius 3 is 1.85 bits per heavy atom. The number of pyridine rings is 1. The van der Waals surface area contributed by atoms with E-state index in [0.29, 0.717) is 21.3 Å². The first kappa shape index (κ1) is 17.6. The van der Waals surface area contributed by atoms with Crippen LogP contribution in [0, 0.1) is 22.7 Å². The van der Waals surface area contributed by atoms with Crippen LogP contribution in [0.2, 0.25) is 10.0 Å². The van der Waals surface area contributed by atoms with Crippen molar-refractivity contribution >= 4 is 29.0 Å². The molecule has 1 aromatic heterocycles. The fourth-order valence-electron chi connectivity index (χ4n) is 2.66. The van der Waals surface area contributed by atoms with E-state index in [4.69, 9.17) is 28.9 Å². The second kappa shape index (κ2) is 6.93. The van der Waals surface area contributed by atoms with Gasteiger partial charge in [-0.15, -0.1) is 0 Å². The molecular formula is C19H10Cl2N4O. The van der Waals surface area contributed by atoms with Gasteiger partial charge in [-0.1, -0.05) is 35.3 Å². The standard InChI is InChI=1S/C19H10Cl2N4O/c20-12-3-1-11(2-4-12)17-15(9-22)18(24)25(19(26)16(17)10-23)14-7-5-13(21)6-8-14/h1-8H,24H2. The highest BCUT2D eigenvalue weighted by molar-refractivity contribution is 6.30. The van der Waals surface area contributed by atoms with Crippen LogP contribution in [0.4, 0.5) is 5.82 Å². The van der Waals surface area contributed by atoms with Gasteiger partial charge in [-0.25, -0.2) is 0 Å². The fourth-order valence-corrected chi connectivity index (χ4v) is 2.91. The largest absolute Gasteiger partial charge is 0.384 e. The van der Waals surface area contributed by atoms with Crippen LogP contribution < -0.4 is 11.3 Å². The highest BCUT2D eigenvalue weighted by Crippen LogP contribution is 2.31. The van der Waals surface area contributed by atoms with Gasteiger partial charge < -0.3 is 5.73 Å². The van der Waals surface area contributed by atoms with Crippen molar-refractivity contribution < 1.29 is 0 Å². The first-order valence-corrected chi connectivity index (χ1v) is 8.14. The third-order valence-electron chi connectivity index (χ3n) is 3.86. The van der Waals surface area contributed by atoms with Crippen LogP contribution in [0.1, 0.15) is 11.1 Å². The monoisotopic (exact) mass is 380 g/mol. The van der Waals surface area contributed by atoms with E-state index in [1.165, 1.54) is 0 Å². The highest BCUT2D eigenvalue weighted by atomic mass is 35.5. The number of rotatable bonds is 2. The summed E-state index contributed by atoms with van der Waals surface area (Å²) in [7, 11) is 0. The number of nitrogens with two attached hydrogens (primary N) is 1. The smallest absolute Gasteiger partial charge is 0.275 e. The molecule has 0 fully saturated rings. The molecule has 126 valence electrons. The summed E-state index contributed by atoms with van der Waals surface area (Å²) in [4.78, 5) is 12.9. The number of nitrogens with zero attached hydrogens (tertiary/aromatic N) is 3. The normalized spacial score (nSPS) is 10.2. The zero-order valence-electron chi connectivity index (χ0n) is 13.2. The van der Waals surface area contributed by atoms with Gasteiger partial charge in [0.2, 0.25) is 0 Å². The first-order valence-electron chi connectivity index (χ1n) is 7.38. The van der Waals surface area contributed by atoms with Crippen LogP contribution in [0.3, 0.4) is 0 Å². The molecule has 0 aliphatic heterocycles. The Kier molecular flexibility index (Phi) is 4.69. The molecule has 2 aromatic carbocycles. The third-order valence-corrected chi connectivity index (χ3v) is 4.36. The number of nitrogen functional groups attached to an aromatic ring is 1. The minimum absolute atomic E-state index is 0.0402. The van der Waals surface area contributed by atoms with E-state index in [0.717, 1.165) is 4.57 Å². The maximum absolute atomic E-state index is 12.9. The third kappa shape index (κ3) is 2.91. The fraction of sp³-hybridized carbons (Fsp3) is 0. The second-order valence-electron chi connectivity index (χ2n) is 5.36. The topological polar surface area (TPSA) is 95.6 Å². The summed E-state index contributed by atoms with van der Waals surface area (Å²) in [5, 5.41) is 20.2. The average Bonchev–Trinajstić information content (AvgIpc) is 2.64. The van der Waals surface area contributed by atoms with Crippen LogP contribution in [0.25, 0.3) is 16.8 Å². The molecule has 0 atom stereocenters. The molecular weight excluding hydrogens is 371 g/mol. The van der Waals surface area contributed by atoms with E-state index in [9.17, 15) is 15.3 Å². The van der Waals surface area contributed by atoms with E-state index < -0.39 is 5.56 Å². The molecule has 0 aliphatic carbocycles. The van der Waals surface area contributed by atoms with Crippen molar-refractivity contribution in [1.82, 2.24) is 4.57 Å². The van der Waals surface area contributed by atoms with Gasteiger partial charge in [-0.05, 0) is 42.0 Å². The molecule has 0 amide bonds. The summed E-state index contributed by atoms with van der Waals surface area (Å²) in [6.45, 7) is 0. The second-order valence-corrected chi connectivity index (χ2v) is 6.23. The van der Waals surface area contributed by atoms with Crippen LogP contribution in [0.5, 0.6) is 0 Å². The molecule has 1 heterocycles. The van der Waals surface area contributed by atoms with Crippen molar-refractivity contribution in [1.29, 1.82) is 10.5 Å². The molecule has 0 aliphatic rings. The van der Waals surface area contributed by atoms with E-state index in [1.807, 2.05) is 12.1 Å². The molecule has 0 unspecified atom stereocenters. The molecule has 7 heteroatoms. The molecule has 0 saturated carbocycles. The van der Waals surface area contributed by atoms with Gasteiger partial charge in [0.1, 0.15) is 29.1 Å². The van der Waals surface area contributed by atoms with Gasteiger partial charge in [0, 0.05) is 15.6 Å². The summed E-state index contributed by atoms with van der Waals surface area (Å²) in [5.41, 5.74) is 6.49. The number of anilines is 1. The number of halogens is 2. The molecule has 5 nitrogen and oxygen atoms in total. The van der Waals surface area contributed by atoms with Gasteiger partial charge in [-0.2, -0.15) is 10.5 Å². The minimum atomic E-state index is -0.615. The van der Waals surface area contributed by atoms with Crippen LogP contribution >= 0.6 is 23.2 Å². The summed E-state index contributed by atoms with van der Waals surface area (Å²) in [6.07, 6.45) is 0. The molecule has 0 saturated heterocycles. The summed E-state index contributed by atoms with van der Waals surface area (Å²) in [5.74, 6) is -0.0521. The lowest BCUT2D eigenvalue weighted by atomic mass is 9.96. The van der Waals surface area contributed by atoms with Gasteiger partial charge in [0.05, 0.1) is 5.69 Å². The predicted octanol–water partition coefficient (Wildman–Crippen LogP) is 4.14. The number of hydrogen-bond donors (Lipinski definition) is 1. The molecule has 0 bridgehead atoms. The van der Waals surface area contributed by atoms with Crippen molar-refractivity contribution in [3.8, 4) is 29.0 Å². The van der Waals surface area contributed by atoms with E-state index >= 15 is 0 Å². The molecule has 2 N–H and O–H groups in total. The van der Waals surface area contributed by atoms with Gasteiger partial charge >= 0.3 is 0 Å². The van der Waals surface area contributed by atoms with Crippen LogP contribution in [-0.4, -0.2) is 4.57 Å². The lowest BCUT2D eigenvalue weighted by Gasteiger charge is -2.16. The zero-order valence-corrected chi connectivity index (χ0v) is 14.7. The van der Waals surface area contributed by atoms with Crippen LogP contribution in [0.15, 0.2) is 53.3 Å². The summed E-state index contributed by atoms with van der Waals surface area (Å²) in [6, 6.07) is 16.7. The van der Waals surface area contributed by atoms with Gasteiger partial charge in [0.25, 0.3) is 5.56 Å². The Balaban J connectivity index is 2.41. The Labute approximate surface area is 159 Å². The van der Waals surface area contributed by atoms with Gasteiger partial charge in [-0.3, -0.25) is 9.36 Å². The van der Waals surface area contributed by atoms with Gasteiger partial charge in [0.15, 0.2) is 0 Å². The maximum Gasteiger partial charge on any atom is 0.275 e. The molecule has 3 rings (SSSR count). The van der Waals surface area contributed by atoms with Crippen LogP contribution in [-0.2, 0) is 0 Å². The average molecular weight is 381 g/mol. The quantitative estimate of drug-likeness (QED) is 0.722. The molecule has 0 spiro atoms. The predicted molar refractivity (Wildman–Crippen MR) is 101 cm³/mol. The molecule has 0 radical (unpaired) electrons. The van der Waals surface area contributed by atoms with Crippen molar-refractivity contribution in [2.24, 2.45) is 0 Å². The molecule has 26 heavy (non-hydrogen) atoms. The zero-order chi connectivity index (χ0) is 18.8. The lowest BCUT2D eigenvalue weighted by molar-refractivity contribution is 0.993. The number of hydrogen-bond acceptors (Lipinski definition) is 4. The number of nitriles is 2. The van der Waals surface area contributed by atoms with Crippen molar-refractivity contribution in [2.75, 3.05) is 5.73 Å². The highest BCUT2D eigenvalue weighted by Gasteiger charge is 2.22. The lowest BCUT2D eigenvalue weighted by Crippen LogP contribution is -2.26. The number of benzene rings is 2. The van der Waals surface area contributed by atoms with E-state index in [2.05, 4.69) is 0 Å². The summed E-state index contributed by atoms with van der Waals surface area (Å²) < 4.78 is 1.13. The first-order chi connectivity index (χ1) is 12.5. The Hall–Kier alpha value is -3.25. The summed E-state index contributed by atoms with van der Waals surface area (Å²) >= 11 is 11.8. The Morgan fingerprint density at radius 1 is 0.846 bits per heavy atom. The Bertz CT molecular complexity index is 1140. The van der Waals surface area contributed by atoms with Crippen molar-refractivity contribution in [2.45, 2.75) is 0 Å². The molecule has 3 aromatic rings. The maximum atomic E-state index is 12.9. The van der Waals surface area contributed by atoms with E-state index in [-0.39, 0.29) is 22.5 Å². The van der Waals surface area contributed by atoms with Crippen molar-refractivity contribution in [3.05, 3.63) is 80.1 Å². The minimum Gasteiger partial charge on any atom is -0.384 e. The SMILES string of the molecule is N#Cc1c(-c2ccc(Cl)cc2)c(C#N)c(=O)n(-c2ccc(Cl)cc2)c1N. The van der Waals surface area contributed by atoms with E-state index in [1.54, 1.807) is 48.5 Å².